The first-order chi connectivity index (χ1) is 7.29. The molecule has 15 heavy (non-hydrogen) atoms. The van der Waals surface area contributed by atoms with Crippen LogP contribution in [0, 0.1) is 0 Å². The molecule has 0 spiro atoms. The van der Waals surface area contributed by atoms with Gasteiger partial charge in [0.15, 0.2) is 5.78 Å². The van der Waals surface area contributed by atoms with E-state index in [4.69, 9.17) is 0 Å². The van der Waals surface area contributed by atoms with E-state index < -0.39 is 0 Å². The van der Waals surface area contributed by atoms with Crippen molar-refractivity contribution in [2.45, 2.75) is 19.9 Å². The van der Waals surface area contributed by atoms with Crippen LogP contribution in [-0.2, 0) is 13.0 Å². The van der Waals surface area contributed by atoms with Crippen molar-refractivity contribution < 1.29 is 4.79 Å². The highest BCUT2D eigenvalue weighted by molar-refractivity contribution is 7.08. The van der Waals surface area contributed by atoms with Crippen LogP contribution in [0.3, 0.4) is 0 Å². The number of rotatable bonds is 4. The van der Waals surface area contributed by atoms with E-state index in [1.807, 2.05) is 23.8 Å². The molecule has 2 rings (SSSR count). The van der Waals surface area contributed by atoms with Crippen molar-refractivity contribution in [1.82, 2.24) is 9.78 Å². The number of hydrogen-bond donors (Lipinski definition) is 0. The van der Waals surface area contributed by atoms with Gasteiger partial charge in [-0.05, 0) is 29.3 Å². The lowest BCUT2D eigenvalue weighted by Crippen LogP contribution is -2.01. The minimum absolute atomic E-state index is 0.133. The molecule has 4 heteroatoms. The molecule has 0 N–H and O–H groups in total. The van der Waals surface area contributed by atoms with Gasteiger partial charge in [0, 0.05) is 19.2 Å². The quantitative estimate of drug-likeness (QED) is 0.741. The molecule has 0 saturated carbocycles. The van der Waals surface area contributed by atoms with Gasteiger partial charge in [-0.2, -0.15) is 16.4 Å². The van der Waals surface area contributed by atoms with Crippen LogP contribution in [0.4, 0.5) is 0 Å². The highest BCUT2D eigenvalue weighted by Crippen LogP contribution is 2.10. The molecule has 0 aromatic carbocycles. The van der Waals surface area contributed by atoms with Gasteiger partial charge in [0.1, 0.15) is 0 Å². The van der Waals surface area contributed by atoms with E-state index in [1.54, 1.807) is 28.4 Å². The van der Waals surface area contributed by atoms with Crippen molar-refractivity contribution in [2.75, 3.05) is 0 Å². The van der Waals surface area contributed by atoms with E-state index in [2.05, 4.69) is 5.10 Å². The first-order valence-electron chi connectivity index (χ1n) is 4.86. The number of hydrogen-bond acceptors (Lipinski definition) is 3. The molecule has 0 atom stereocenters. The van der Waals surface area contributed by atoms with Crippen molar-refractivity contribution >= 4 is 17.1 Å². The van der Waals surface area contributed by atoms with E-state index in [0.717, 1.165) is 12.1 Å². The minimum atomic E-state index is 0.133. The van der Waals surface area contributed by atoms with E-state index >= 15 is 0 Å². The zero-order valence-corrected chi connectivity index (χ0v) is 9.33. The third kappa shape index (κ3) is 2.33. The van der Waals surface area contributed by atoms with Crippen LogP contribution in [0.2, 0.25) is 0 Å². The number of nitrogens with zero attached hydrogens (tertiary/aromatic N) is 2. The zero-order chi connectivity index (χ0) is 10.7. The predicted molar refractivity (Wildman–Crippen MR) is 60.3 cm³/mol. The molecular formula is C11H12N2OS. The second-order valence-electron chi connectivity index (χ2n) is 3.32. The highest BCUT2D eigenvalue weighted by Gasteiger charge is 2.09. The normalized spacial score (nSPS) is 10.5. The molecular weight excluding hydrogens is 208 g/mol. The summed E-state index contributed by atoms with van der Waals surface area (Å²) in [5.41, 5.74) is 1.78. The predicted octanol–water partition coefficient (Wildman–Crippen LogP) is 2.39. The Kier molecular flexibility index (Phi) is 2.97. The van der Waals surface area contributed by atoms with Gasteiger partial charge in [-0.25, -0.2) is 0 Å². The van der Waals surface area contributed by atoms with Crippen molar-refractivity contribution in [3.63, 3.8) is 0 Å². The largest absolute Gasteiger partial charge is 0.294 e. The molecule has 0 aliphatic carbocycles. The van der Waals surface area contributed by atoms with Gasteiger partial charge in [0.05, 0.1) is 11.8 Å². The van der Waals surface area contributed by atoms with E-state index in [-0.39, 0.29) is 5.78 Å². The van der Waals surface area contributed by atoms with Gasteiger partial charge in [-0.15, -0.1) is 0 Å². The molecule has 0 bridgehead atoms. The molecule has 2 aromatic heterocycles. The van der Waals surface area contributed by atoms with Crippen LogP contribution in [0.5, 0.6) is 0 Å². The summed E-state index contributed by atoms with van der Waals surface area (Å²) in [5, 5.41) is 8.07. The first-order valence-corrected chi connectivity index (χ1v) is 5.80. The lowest BCUT2D eigenvalue weighted by atomic mass is 10.1. The van der Waals surface area contributed by atoms with E-state index in [0.29, 0.717) is 12.0 Å². The number of thiophene rings is 1. The summed E-state index contributed by atoms with van der Waals surface area (Å²) in [4.78, 5) is 11.8. The lowest BCUT2D eigenvalue weighted by molar-refractivity contribution is 0.0993. The maximum atomic E-state index is 11.8. The molecule has 0 fully saturated rings. The third-order valence-electron chi connectivity index (χ3n) is 2.22. The summed E-state index contributed by atoms with van der Waals surface area (Å²) in [6, 6.07) is 1.98. The van der Waals surface area contributed by atoms with Crippen LogP contribution in [0.15, 0.2) is 29.2 Å². The minimum Gasteiger partial charge on any atom is -0.294 e. The van der Waals surface area contributed by atoms with Crippen molar-refractivity contribution in [1.29, 1.82) is 0 Å². The third-order valence-corrected chi connectivity index (χ3v) is 2.96. The second kappa shape index (κ2) is 4.40. The summed E-state index contributed by atoms with van der Waals surface area (Å²) >= 11 is 1.61. The Bertz CT molecular complexity index is 445. The highest BCUT2D eigenvalue weighted by atomic mass is 32.1. The molecule has 0 amide bonds. The fraction of sp³-hybridized carbons (Fsp3) is 0.273. The maximum absolute atomic E-state index is 11.8. The smallest absolute Gasteiger partial charge is 0.170 e. The van der Waals surface area contributed by atoms with Gasteiger partial charge >= 0.3 is 0 Å². The van der Waals surface area contributed by atoms with Crippen molar-refractivity contribution in [2.24, 2.45) is 0 Å². The Labute approximate surface area is 92.4 Å². The Hall–Kier alpha value is -1.42. The molecule has 0 radical (unpaired) electrons. The molecule has 2 heterocycles. The van der Waals surface area contributed by atoms with E-state index in [9.17, 15) is 4.79 Å². The molecule has 0 aliphatic heterocycles. The van der Waals surface area contributed by atoms with Crippen LogP contribution < -0.4 is 0 Å². The number of carbonyl (C=O) groups excluding carboxylic acids is 1. The van der Waals surface area contributed by atoms with Crippen LogP contribution in [0.1, 0.15) is 22.8 Å². The maximum Gasteiger partial charge on any atom is 0.170 e. The Morgan fingerprint density at radius 1 is 1.60 bits per heavy atom. The van der Waals surface area contributed by atoms with Crippen molar-refractivity contribution in [3.05, 3.63) is 40.3 Å². The number of carbonyl (C=O) groups is 1. The fourth-order valence-electron chi connectivity index (χ4n) is 1.36. The molecule has 0 unspecified atom stereocenters. The van der Waals surface area contributed by atoms with Gasteiger partial charge in [0.25, 0.3) is 0 Å². The second-order valence-corrected chi connectivity index (χ2v) is 4.10. The number of ketones is 1. The SMILES string of the molecule is CCn1cc(C(=O)Cc2ccsc2)cn1. The van der Waals surface area contributed by atoms with Gasteiger partial charge in [-0.1, -0.05) is 0 Å². The standard InChI is InChI=1S/C11H12N2OS/c1-2-13-7-10(6-12-13)11(14)5-9-3-4-15-8-9/h3-4,6-8H,2,5H2,1H3. The number of aryl methyl sites for hydroxylation is 1. The average Bonchev–Trinajstić information content (AvgIpc) is 2.86. The van der Waals surface area contributed by atoms with E-state index in [1.165, 1.54) is 0 Å². The monoisotopic (exact) mass is 220 g/mol. The van der Waals surface area contributed by atoms with Gasteiger partial charge in [-0.3, -0.25) is 9.48 Å². The topological polar surface area (TPSA) is 34.9 Å². The van der Waals surface area contributed by atoms with Crippen LogP contribution in [0.25, 0.3) is 0 Å². The Morgan fingerprint density at radius 3 is 3.07 bits per heavy atom. The fourth-order valence-corrected chi connectivity index (χ4v) is 2.03. The summed E-state index contributed by atoms with van der Waals surface area (Å²) < 4.78 is 1.76. The molecule has 0 saturated heterocycles. The summed E-state index contributed by atoms with van der Waals surface area (Å²) in [6.07, 6.45) is 3.91. The molecule has 2 aromatic rings. The number of Topliss-reactive ketones (excluding diaryl/α,β-unsaturated/α-hetero) is 1. The first kappa shape index (κ1) is 10.1. The average molecular weight is 220 g/mol. The summed E-state index contributed by atoms with van der Waals surface area (Å²) in [5.74, 6) is 0.133. The summed E-state index contributed by atoms with van der Waals surface area (Å²) in [6.45, 7) is 2.80. The van der Waals surface area contributed by atoms with Crippen LogP contribution >= 0.6 is 11.3 Å². The van der Waals surface area contributed by atoms with Crippen LogP contribution in [-0.4, -0.2) is 15.6 Å². The zero-order valence-electron chi connectivity index (χ0n) is 8.51. The molecule has 78 valence electrons. The van der Waals surface area contributed by atoms with Gasteiger partial charge in [0.2, 0.25) is 0 Å². The summed E-state index contributed by atoms with van der Waals surface area (Å²) in [7, 11) is 0. The molecule has 3 nitrogen and oxygen atoms in total. The Balaban J connectivity index is 2.08. The van der Waals surface area contributed by atoms with Crippen molar-refractivity contribution in [3.8, 4) is 0 Å². The Morgan fingerprint density at radius 2 is 2.47 bits per heavy atom. The lowest BCUT2D eigenvalue weighted by Gasteiger charge is -1.94. The number of aromatic nitrogens is 2. The van der Waals surface area contributed by atoms with Gasteiger partial charge < -0.3 is 0 Å². The molecule has 0 aliphatic rings.